The number of carbonyl (C=O) groups excluding carboxylic acids is 1. The molecule has 0 aromatic heterocycles. The van der Waals surface area contributed by atoms with Crippen molar-refractivity contribution in [3.05, 3.63) is 41.4 Å². The summed E-state index contributed by atoms with van der Waals surface area (Å²) in [6.07, 6.45) is 0. The summed E-state index contributed by atoms with van der Waals surface area (Å²) in [5.74, 6) is -0.324. The van der Waals surface area contributed by atoms with Gasteiger partial charge in [0.25, 0.3) is 0 Å². The Labute approximate surface area is 106 Å². The second kappa shape index (κ2) is 6.30. The third-order valence-corrected chi connectivity index (χ3v) is 2.42. The third kappa shape index (κ3) is 4.11. The van der Waals surface area contributed by atoms with Crippen molar-refractivity contribution in [2.45, 2.75) is 19.9 Å². The second-order valence-electron chi connectivity index (χ2n) is 3.68. The highest BCUT2D eigenvalue weighted by atomic mass is 35.5. The van der Waals surface area contributed by atoms with Gasteiger partial charge in [0, 0.05) is 10.7 Å². The monoisotopic (exact) mass is 253 g/mol. The molecule has 1 atom stereocenters. The van der Waals surface area contributed by atoms with Crippen molar-refractivity contribution < 1.29 is 9.53 Å². The first-order valence-electron chi connectivity index (χ1n) is 5.38. The predicted octanol–water partition coefficient (Wildman–Crippen LogP) is 3.26. The van der Waals surface area contributed by atoms with E-state index in [1.807, 2.05) is 0 Å². The summed E-state index contributed by atoms with van der Waals surface area (Å²) >= 11 is 5.79. The number of carbonyl (C=O) groups is 1. The molecule has 0 amide bonds. The summed E-state index contributed by atoms with van der Waals surface area (Å²) in [5, 5.41) is 3.71. The van der Waals surface area contributed by atoms with E-state index in [2.05, 4.69) is 11.9 Å². The average Bonchev–Trinajstić information content (AvgIpc) is 2.28. The van der Waals surface area contributed by atoms with Gasteiger partial charge >= 0.3 is 5.97 Å². The van der Waals surface area contributed by atoms with Crippen molar-refractivity contribution in [3.8, 4) is 0 Å². The van der Waals surface area contributed by atoms with Gasteiger partial charge in [0.05, 0.1) is 6.61 Å². The van der Waals surface area contributed by atoms with Crippen LogP contribution in [0.25, 0.3) is 0 Å². The van der Waals surface area contributed by atoms with Crippen LogP contribution < -0.4 is 5.32 Å². The van der Waals surface area contributed by atoms with E-state index in [0.717, 1.165) is 5.69 Å². The summed E-state index contributed by atoms with van der Waals surface area (Å²) in [6, 6.07) is 6.58. The fourth-order valence-corrected chi connectivity index (χ4v) is 1.45. The fourth-order valence-electron chi connectivity index (χ4n) is 1.32. The lowest BCUT2D eigenvalue weighted by atomic mass is 10.1. The molecule has 0 bridgehead atoms. The summed E-state index contributed by atoms with van der Waals surface area (Å²) < 4.78 is 4.97. The number of esters is 1. The minimum absolute atomic E-state index is 0.324. The molecular weight excluding hydrogens is 238 g/mol. The minimum atomic E-state index is -0.531. The topological polar surface area (TPSA) is 38.3 Å². The van der Waals surface area contributed by atoms with Gasteiger partial charge in [-0.05, 0) is 43.7 Å². The SMILES string of the molecule is C=C(C)C(Nc1ccc(Cl)cc1)C(=O)OCC. The highest BCUT2D eigenvalue weighted by Crippen LogP contribution is 2.16. The molecular formula is C13H16ClNO2. The van der Waals surface area contributed by atoms with Crippen LogP contribution in [0, 0.1) is 0 Å². The first-order chi connectivity index (χ1) is 8.04. The number of ether oxygens (including phenoxy) is 1. The van der Waals surface area contributed by atoms with Crippen molar-refractivity contribution >= 4 is 23.3 Å². The maximum atomic E-state index is 11.7. The van der Waals surface area contributed by atoms with Crippen LogP contribution >= 0.6 is 11.6 Å². The lowest BCUT2D eigenvalue weighted by Crippen LogP contribution is -2.32. The van der Waals surface area contributed by atoms with Gasteiger partial charge in [0.2, 0.25) is 0 Å². The molecule has 1 aromatic rings. The van der Waals surface area contributed by atoms with E-state index in [1.54, 1.807) is 38.1 Å². The first-order valence-corrected chi connectivity index (χ1v) is 5.76. The molecule has 4 heteroatoms. The molecule has 1 N–H and O–H groups in total. The number of anilines is 1. The lowest BCUT2D eigenvalue weighted by molar-refractivity contribution is -0.143. The van der Waals surface area contributed by atoms with Crippen LogP contribution in [0.5, 0.6) is 0 Å². The summed E-state index contributed by atoms with van der Waals surface area (Å²) in [6.45, 7) is 7.69. The van der Waals surface area contributed by atoms with Crippen LogP contribution in [0.4, 0.5) is 5.69 Å². The number of benzene rings is 1. The summed E-state index contributed by atoms with van der Waals surface area (Å²) in [4.78, 5) is 11.7. The van der Waals surface area contributed by atoms with E-state index in [1.165, 1.54) is 0 Å². The average molecular weight is 254 g/mol. The van der Waals surface area contributed by atoms with Crippen LogP contribution in [0.3, 0.4) is 0 Å². The normalized spacial score (nSPS) is 11.7. The molecule has 3 nitrogen and oxygen atoms in total. The quantitative estimate of drug-likeness (QED) is 0.647. The summed E-state index contributed by atoms with van der Waals surface area (Å²) in [5.41, 5.74) is 1.51. The number of nitrogens with one attached hydrogen (secondary N) is 1. The Morgan fingerprint density at radius 2 is 2.06 bits per heavy atom. The smallest absolute Gasteiger partial charge is 0.332 e. The van der Waals surface area contributed by atoms with Crippen molar-refractivity contribution in [3.63, 3.8) is 0 Å². The van der Waals surface area contributed by atoms with Crippen molar-refractivity contribution in [2.24, 2.45) is 0 Å². The zero-order chi connectivity index (χ0) is 12.8. The van der Waals surface area contributed by atoms with Crippen molar-refractivity contribution in [2.75, 3.05) is 11.9 Å². The van der Waals surface area contributed by atoms with E-state index >= 15 is 0 Å². The zero-order valence-electron chi connectivity index (χ0n) is 10.00. The maximum absolute atomic E-state index is 11.7. The van der Waals surface area contributed by atoms with E-state index in [-0.39, 0.29) is 5.97 Å². The molecule has 1 rings (SSSR count). The molecule has 17 heavy (non-hydrogen) atoms. The Morgan fingerprint density at radius 3 is 2.53 bits per heavy atom. The molecule has 0 radical (unpaired) electrons. The maximum Gasteiger partial charge on any atom is 0.332 e. The Hall–Kier alpha value is -1.48. The molecule has 1 aromatic carbocycles. The predicted molar refractivity (Wildman–Crippen MR) is 70.3 cm³/mol. The van der Waals surface area contributed by atoms with Crippen molar-refractivity contribution in [1.82, 2.24) is 0 Å². The lowest BCUT2D eigenvalue weighted by Gasteiger charge is -2.18. The van der Waals surface area contributed by atoms with E-state index in [0.29, 0.717) is 17.2 Å². The second-order valence-corrected chi connectivity index (χ2v) is 4.12. The molecule has 0 heterocycles. The zero-order valence-corrected chi connectivity index (χ0v) is 10.8. The molecule has 1 unspecified atom stereocenters. The molecule has 0 aliphatic heterocycles. The van der Waals surface area contributed by atoms with Gasteiger partial charge in [-0.25, -0.2) is 4.79 Å². The number of halogens is 1. The molecule has 0 aliphatic rings. The van der Waals surface area contributed by atoms with Crippen LogP contribution in [-0.4, -0.2) is 18.6 Å². The standard InChI is InChI=1S/C13H16ClNO2/c1-4-17-13(16)12(9(2)3)15-11-7-5-10(14)6-8-11/h5-8,12,15H,2,4H2,1,3H3. The summed E-state index contributed by atoms with van der Waals surface area (Å²) in [7, 11) is 0. The van der Waals surface area contributed by atoms with Gasteiger partial charge in [0.1, 0.15) is 6.04 Å². The number of rotatable bonds is 5. The minimum Gasteiger partial charge on any atom is -0.464 e. The molecule has 0 saturated carbocycles. The highest BCUT2D eigenvalue weighted by molar-refractivity contribution is 6.30. The molecule has 92 valence electrons. The van der Waals surface area contributed by atoms with E-state index in [9.17, 15) is 4.79 Å². The van der Waals surface area contributed by atoms with E-state index < -0.39 is 6.04 Å². The molecule has 0 spiro atoms. The number of hydrogen-bond donors (Lipinski definition) is 1. The van der Waals surface area contributed by atoms with Crippen molar-refractivity contribution in [1.29, 1.82) is 0 Å². The van der Waals surface area contributed by atoms with Crippen LogP contribution in [0.2, 0.25) is 5.02 Å². The highest BCUT2D eigenvalue weighted by Gasteiger charge is 2.19. The third-order valence-electron chi connectivity index (χ3n) is 2.17. The number of hydrogen-bond acceptors (Lipinski definition) is 3. The Bertz CT molecular complexity index is 400. The molecule has 0 saturated heterocycles. The van der Waals surface area contributed by atoms with Gasteiger partial charge in [-0.1, -0.05) is 18.2 Å². The van der Waals surface area contributed by atoms with E-state index in [4.69, 9.17) is 16.3 Å². The Kier molecular flexibility index (Phi) is 5.04. The van der Waals surface area contributed by atoms with Crippen LogP contribution in [0.15, 0.2) is 36.4 Å². The van der Waals surface area contributed by atoms with Crippen LogP contribution in [-0.2, 0) is 9.53 Å². The van der Waals surface area contributed by atoms with Gasteiger partial charge in [-0.3, -0.25) is 0 Å². The largest absolute Gasteiger partial charge is 0.464 e. The Balaban J connectivity index is 2.76. The van der Waals surface area contributed by atoms with Gasteiger partial charge in [-0.2, -0.15) is 0 Å². The van der Waals surface area contributed by atoms with Gasteiger partial charge in [-0.15, -0.1) is 0 Å². The van der Waals surface area contributed by atoms with Crippen LogP contribution in [0.1, 0.15) is 13.8 Å². The Morgan fingerprint density at radius 1 is 1.47 bits per heavy atom. The molecule has 0 aliphatic carbocycles. The fraction of sp³-hybridized carbons (Fsp3) is 0.308. The first kappa shape index (κ1) is 13.6. The van der Waals surface area contributed by atoms with Gasteiger partial charge in [0.15, 0.2) is 0 Å². The van der Waals surface area contributed by atoms with Gasteiger partial charge < -0.3 is 10.1 Å². The molecule has 0 fully saturated rings.